The van der Waals surface area contributed by atoms with Crippen molar-refractivity contribution in [1.29, 1.82) is 0 Å². The smallest absolute Gasteiger partial charge is 0.193 e. The number of halogens is 2. The van der Waals surface area contributed by atoms with Crippen LogP contribution in [0.2, 0.25) is 10.0 Å². The molecule has 1 aromatic carbocycles. The first-order valence-electron chi connectivity index (χ1n) is 4.57. The summed E-state index contributed by atoms with van der Waals surface area (Å²) in [5.41, 5.74) is 1.04. The van der Waals surface area contributed by atoms with Crippen molar-refractivity contribution in [2.24, 2.45) is 0 Å². The van der Waals surface area contributed by atoms with E-state index in [-0.39, 0.29) is 5.78 Å². The van der Waals surface area contributed by atoms with Gasteiger partial charge in [0.25, 0.3) is 0 Å². The van der Waals surface area contributed by atoms with Gasteiger partial charge in [-0.1, -0.05) is 23.2 Å². The summed E-state index contributed by atoms with van der Waals surface area (Å²) in [5, 5.41) is 0.898. The Balaban J connectivity index is 2.42. The van der Waals surface area contributed by atoms with Crippen LogP contribution in [0.3, 0.4) is 0 Å². The lowest BCUT2D eigenvalue weighted by Crippen LogP contribution is -2.01. The van der Waals surface area contributed by atoms with Crippen LogP contribution >= 0.6 is 23.2 Å². The summed E-state index contributed by atoms with van der Waals surface area (Å²) in [5.74, 6) is -0.119. The summed E-state index contributed by atoms with van der Waals surface area (Å²) in [6, 6.07) is 8.08. The average molecular weight is 252 g/mol. The van der Waals surface area contributed by atoms with Crippen LogP contribution in [0.5, 0.6) is 0 Å². The van der Waals surface area contributed by atoms with Gasteiger partial charge in [0.05, 0.1) is 0 Å². The SMILES string of the molecule is O=C(c1ccncc1)c1cc(Cl)cc(Cl)c1. The van der Waals surface area contributed by atoms with Crippen LogP contribution in [0.4, 0.5) is 0 Å². The largest absolute Gasteiger partial charge is 0.289 e. The lowest BCUT2D eigenvalue weighted by atomic mass is 10.0. The molecule has 0 radical (unpaired) electrons. The Hall–Kier alpha value is -1.38. The second kappa shape index (κ2) is 4.64. The lowest BCUT2D eigenvalue weighted by molar-refractivity contribution is 0.103. The van der Waals surface area contributed by atoms with Crippen LogP contribution in [0.25, 0.3) is 0 Å². The molecular formula is C12H7Cl2NO. The molecule has 2 aromatic rings. The van der Waals surface area contributed by atoms with Crippen molar-refractivity contribution in [1.82, 2.24) is 4.98 Å². The minimum absolute atomic E-state index is 0.119. The molecule has 0 fully saturated rings. The normalized spacial score (nSPS) is 10.1. The first-order valence-corrected chi connectivity index (χ1v) is 5.33. The van der Waals surface area contributed by atoms with E-state index < -0.39 is 0 Å². The maximum atomic E-state index is 12.0. The van der Waals surface area contributed by atoms with Gasteiger partial charge in [0.15, 0.2) is 5.78 Å². The van der Waals surface area contributed by atoms with Crippen LogP contribution in [0.15, 0.2) is 42.7 Å². The van der Waals surface area contributed by atoms with E-state index in [2.05, 4.69) is 4.98 Å². The van der Waals surface area contributed by atoms with Gasteiger partial charge in [0.2, 0.25) is 0 Å². The standard InChI is InChI=1S/C12H7Cl2NO/c13-10-5-9(6-11(14)7-10)12(16)8-1-3-15-4-2-8/h1-7H. The lowest BCUT2D eigenvalue weighted by Gasteiger charge is -2.02. The van der Waals surface area contributed by atoms with Gasteiger partial charge >= 0.3 is 0 Å². The maximum Gasteiger partial charge on any atom is 0.193 e. The van der Waals surface area contributed by atoms with Gasteiger partial charge in [-0.2, -0.15) is 0 Å². The van der Waals surface area contributed by atoms with Crippen molar-refractivity contribution in [3.05, 3.63) is 63.9 Å². The molecule has 0 N–H and O–H groups in total. The first-order chi connectivity index (χ1) is 7.66. The molecule has 2 rings (SSSR count). The molecule has 16 heavy (non-hydrogen) atoms. The molecule has 0 saturated carbocycles. The molecule has 4 heteroatoms. The fraction of sp³-hybridized carbons (Fsp3) is 0. The molecule has 0 amide bonds. The van der Waals surface area contributed by atoms with Crippen LogP contribution < -0.4 is 0 Å². The van der Waals surface area contributed by atoms with Crippen molar-refractivity contribution >= 4 is 29.0 Å². The Morgan fingerprint density at radius 3 is 2.06 bits per heavy atom. The monoisotopic (exact) mass is 251 g/mol. The second-order valence-electron chi connectivity index (χ2n) is 3.22. The van der Waals surface area contributed by atoms with E-state index in [0.717, 1.165) is 0 Å². The molecule has 0 unspecified atom stereocenters. The number of nitrogens with zero attached hydrogens (tertiary/aromatic N) is 1. The highest BCUT2D eigenvalue weighted by Crippen LogP contribution is 2.21. The number of aromatic nitrogens is 1. The Kier molecular flexibility index (Phi) is 3.22. The summed E-state index contributed by atoms with van der Waals surface area (Å²) >= 11 is 11.7. The van der Waals surface area contributed by atoms with Crippen LogP contribution in [0, 0.1) is 0 Å². The van der Waals surface area contributed by atoms with E-state index >= 15 is 0 Å². The molecule has 1 heterocycles. The van der Waals surface area contributed by atoms with Crippen molar-refractivity contribution in [2.75, 3.05) is 0 Å². The molecule has 0 saturated heterocycles. The van der Waals surface area contributed by atoms with Crippen molar-refractivity contribution in [3.63, 3.8) is 0 Å². The predicted octanol–water partition coefficient (Wildman–Crippen LogP) is 3.62. The molecule has 1 aromatic heterocycles. The fourth-order valence-corrected chi connectivity index (χ4v) is 1.88. The van der Waals surface area contributed by atoms with E-state index in [1.54, 1.807) is 42.7 Å². The Bertz CT molecular complexity index is 506. The van der Waals surface area contributed by atoms with Crippen LogP contribution in [-0.2, 0) is 0 Å². The Morgan fingerprint density at radius 1 is 0.938 bits per heavy atom. The maximum absolute atomic E-state index is 12.0. The molecule has 2 nitrogen and oxygen atoms in total. The summed E-state index contributed by atoms with van der Waals surface area (Å²) in [4.78, 5) is 15.9. The molecule has 0 aliphatic carbocycles. The zero-order valence-corrected chi connectivity index (χ0v) is 9.66. The molecule has 0 bridgehead atoms. The molecular weight excluding hydrogens is 245 g/mol. The third-order valence-corrected chi connectivity index (χ3v) is 2.50. The van der Waals surface area contributed by atoms with Gasteiger partial charge in [0, 0.05) is 33.6 Å². The van der Waals surface area contributed by atoms with Crippen molar-refractivity contribution < 1.29 is 4.79 Å². The molecule has 0 atom stereocenters. The highest BCUT2D eigenvalue weighted by molar-refractivity contribution is 6.35. The average Bonchev–Trinajstić information content (AvgIpc) is 2.28. The summed E-state index contributed by atoms with van der Waals surface area (Å²) in [7, 11) is 0. The van der Waals surface area contributed by atoms with Crippen LogP contribution in [0.1, 0.15) is 15.9 Å². The number of carbonyl (C=O) groups excluding carboxylic acids is 1. The fourth-order valence-electron chi connectivity index (χ4n) is 1.35. The molecule has 80 valence electrons. The first kappa shape index (κ1) is 11.1. The number of pyridine rings is 1. The van der Waals surface area contributed by atoms with Gasteiger partial charge in [-0.05, 0) is 30.3 Å². The summed E-state index contributed by atoms with van der Waals surface area (Å²) in [6.45, 7) is 0. The van der Waals surface area contributed by atoms with Gasteiger partial charge in [0.1, 0.15) is 0 Å². The highest BCUT2D eigenvalue weighted by atomic mass is 35.5. The number of ketones is 1. The van der Waals surface area contributed by atoms with Gasteiger partial charge in [-0.15, -0.1) is 0 Å². The summed E-state index contributed by atoms with van der Waals surface area (Å²) < 4.78 is 0. The van der Waals surface area contributed by atoms with Gasteiger partial charge in [-0.3, -0.25) is 9.78 Å². The zero-order chi connectivity index (χ0) is 11.5. The van der Waals surface area contributed by atoms with Gasteiger partial charge in [-0.25, -0.2) is 0 Å². The minimum Gasteiger partial charge on any atom is -0.289 e. The number of benzene rings is 1. The zero-order valence-electron chi connectivity index (χ0n) is 8.15. The van der Waals surface area contributed by atoms with E-state index in [1.807, 2.05) is 0 Å². The Labute approximate surface area is 103 Å². The van der Waals surface area contributed by atoms with Crippen molar-refractivity contribution in [2.45, 2.75) is 0 Å². The predicted molar refractivity (Wildman–Crippen MR) is 64.1 cm³/mol. The quantitative estimate of drug-likeness (QED) is 0.764. The van der Waals surface area contributed by atoms with E-state index in [0.29, 0.717) is 21.2 Å². The van der Waals surface area contributed by atoms with Gasteiger partial charge < -0.3 is 0 Å². The molecule has 0 aliphatic heterocycles. The number of carbonyl (C=O) groups is 1. The Morgan fingerprint density at radius 2 is 1.50 bits per heavy atom. The van der Waals surface area contributed by atoms with Crippen LogP contribution in [-0.4, -0.2) is 10.8 Å². The number of rotatable bonds is 2. The summed E-state index contributed by atoms with van der Waals surface area (Å²) in [6.07, 6.45) is 3.14. The topological polar surface area (TPSA) is 30.0 Å². The number of hydrogen-bond acceptors (Lipinski definition) is 2. The minimum atomic E-state index is -0.119. The van der Waals surface area contributed by atoms with E-state index in [4.69, 9.17) is 23.2 Å². The highest BCUT2D eigenvalue weighted by Gasteiger charge is 2.10. The van der Waals surface area contributed by atoms with E-state index in [9.17, 15) is 4.79 Å². The molecule has 0 aliphatic rings. The number of hydrogen-bond donors (Lipinski definition) is 0. The second-order valence-corrected chi connectivity index (χ2v) is 4.10. The third-order valence-electron chi connectivity index (χ3n) is 2.07. The third kappa shape index (κ3) is 2.40. The van der Waals surface area contributed by atoms with Crippen molar-refractivity contribution in [3.8, 4) is 0 Å². The molecule has 0 spiro atoms. The van der Waals surface area contributed by atoms with E-state index in [1.165, 1.54) is 0 Å².